The first kappa shape index (κ1) is 22.3. The van der Waals surface area contributed by atoms with Crippen LogP contribution in [-0.4, -0.2) is 25.2 Å². The number of carbonyl (C=O) groups excluding carboxylic acids is 2. The van der Waals surface area contributed by atoms with Crippen molar-refractivity contribution in [2.45, 2.75) is 23.0 Å². The number of carbonyl (C=O) groups is 2. The van der Waals surface area contributed by atoms with Crippen LogP contribution >= 0.6 is 47.0 Å². The maximum absolute atomic E-state index is 11.3. The first-order valence-electron chi connectivity index (χ1n) is 8.65. The minimum absolute atomic E-state index is 0.0969. The molecule has 0 radical (unpaired) electrons. The van der Waals surface area contributed by atoms with Crippen LogP contribution in [0, 0.1) is 0 Å². The highest BCUT2D eigenvalue weighted by molar-refractivity contribution is 8.23. The summed E-state index contributed by atoms with van der Waals surface area (Å²) in [6, 6.07) is 4.00. The predicted molar refractivity (Wildman–Crippen MR) is 122 cm³/mol. The van der Waals surface area contributed by atoms with Gasteiger partial charge in [-0.1, -0.05) is 13.2 Å². The van der Waals surface area contributed by atoms with Crippen LogP contribution in [0.2, 0.25) is 0 Å². The number of esters is 2. The third kappa shape index (κ3) is 5.59. The van der Waals surface area contributed by atoms with Gasteiger partial charge in [0, 0.05) is 22.0 Å². The molecule has 29 heavy (non-hydrogen) atoms. The fraction of sp³-hybridized carbons (Fsp3) is 0.300. The second-order valence-electron chi connectivity index (χ2n) is 5.96. The van der Waals surface area contributed by atoms with E-state index in [1.165, 1.54) is 12.2 Å². The molecule has 154 valence electrons. The SMILES string of the molecule is C=CC(=O)OCC1=C(C)SC(c2ccc(C3SC(C)=C(COC(=O)C=C)S3)o2)S1. The third-order valence-electron chi connectivity index (χ3n) is 3.99. The van der Waals surface area contributed by atoms with E-state index in [2.05, 4.69) is 13.2 Å². The Labute approximate surface area is 186 Å². The maximum atomic E-state index is 11.3. The van der Waals surface area contributed by atoms with Gasteiger partial charge >= 0.3 is 11.9 Å². The number of furan rings is 1. The van der Waals surface area contributed by atoms with Gasteiger partial charge in [-0.25, -0.2) is 9.59 Å². The normalized spacial score (nSPS) is 21.4. The van der Waals surface area contributed by atoms with E-state index in [1.807, 2.05) is 26.0 Å². The van der Waals surface area contributed by atoms with Crippen LogP contribution in [0.5, 0.6) is 0 Å². The molecule has 3 rings (SSSR count). The van der Waals surface area contributed by atoms with Gasteiger partial charge < -0.3 is 13.9 Å². The molecule has 2 aliphatic rings. The van der Waals surface area contributed by atoms with Gasteiger partial charge in [-0.2, -0.15) is 0 Å². The third-order valence-corrected chi connectivity index (χ3v) is 9.80. The van der Waals surface area contributed by atoms with E-state index < -0.39 is 11.9 Å². The monoisotopic (exact) mass is 468 g/mol. The summed E-state index contributed by atoms with van der Waals surface area (Å²) in [5, 5.41) is 0. The summed E-state index contributed by atoms with van der Waals surface area (Å²) < 4.78 is 16.7. The summed E-state index contributed by atoms with van der Waals surface area (Å²) in [5.74, 6) is 0.911. The summed E-state index contributed by atoms with van der Waals surface area (Å²) >= 11 is 6.68. The number of hydrogen-bond acceptors (Lipinski definition) is 9. The van der Waals surface area contributed by atoms with Crippen LogP contribution in [0.15, 0.2) is 61.5 Å². The van der Waals surface area contributed by atoms with Gasteiger partial charge in [-0.3, -0.25) is 0 Å². The van der Waals surface area contributed by atoms with Crippen LogP contribution in [-0.2, 0) is 19.1 Å². The van der Waals surface area contributed by atoms with Crippen molar-refractivity contribution in [1.82, 2.24) is 0 Å². The number of allylic oxidation sites excluding steroid dienone is 2. The first-order valence-corrected chi connectivity index (χ1v) is 12.2. The van der Waals surface area contributed by atoms with Gasteiger partial charge in [0.15, 0.2) is 0 Å². The van der Waals surface area contributed by atoms with Crippen molar-refractivity contribution in [3.63, 3.8) is 0 Å². The summed E-state index contributed by atoms with van der Waals surface area (Å²) in [4.78, 5) is 26.9. The Kier molecular flexibility index (Phi) is 7.72. The molecule has 2 unspecified atom stereocenters. The van der Waals surface area contributed by atoms with Crippen molar-refractivity contribution in [2.24, 2.45) is 0 Å². The molecule has 0 N–H and O–H groups in total. The highest BCUT2D eigenvalue weighted by Crippen LogP contribution is 2.58. The van der Waals surface area contributed by atoms with E-state index in [4.69, 9.17) is 13.9 Å². The lowest BCUT2D eigenvalue weighted by molar-refractivity contribution is -0.137. The number of rotatable bonds is 8. The summed E-state index contributed by atoms with van der Waals surface area (Å²) in [7, 11) is 0. The van der Waals surface area contributed by atoms with Crippen molar-refractivity contribution >= 4 is 59.0 Å². The summed E-state index contributed by atoms with van der Waals surface area (Å²) in [6.07, 6.45) is 2.33. The van der Waals surface area contributed by atoms with Gasteiger partial charge in [0.25, 0.3) is 0 Å². The average Bonchev–Trinajstić information content (AvgIpc) is 3.42. The van der Waals surface area contributed by atoms with E-state index >= 15 is 0 Å². The van der Waals surface area contributed by atoms with Crippen LogP contribution < -0.4 is 0 Å². The summed E-state index contributed by atoms with van der Waals surface area (Å²) in [5.41, 5.74) is 0. The standard InChI is InChI=1S/C20H20O5S4/c1-5-17(21)23-9-15-11(3)26-19(28-15)13-7-8-14(25-13)20-27-12(4)16(29-20)10-24-18(22)6-2/h5-8,19-20H,1-2,9-10H2,3-4H3. The molecule has 1 aromatic heterocycles. The minimum Gasteiger partial charge on any atom is -0.462 e. The average molecular weight is 469 g/mol. The molecule has 0 aliphatic carbocycles. The van der Waals surface area contributed by atoms with Crippen LogP contribution in [0.4, 0.5) is 0 Å². The maximum Gasteiger partial charge on any atom is 0.330 e. The van der Waals surface area contributed by atoms with Gasteiger partial charge in [-0.15, -0.1) is 47.0 Å². The molecule has 2 aliphatic heterocycles. The highest BCUT2D eigenvalue weighted by Gasteiger charge is 2.31. The highest BCUT2D eigenvalue weighted by atomic mass is 32.2. The Morgan fingerprint density at radius 2 is 1.31 bits per heavy atom. The molecule has 0 saturated carbocycles. The second-order valence-corrected chi connectivity index (χ2v) is 11.6. The summed E-state index contributed by atoms with van der Waals surface area (Å²) in [6.45, 7) is 11.4. The van der Waals surface area contributed by atoms with E-state index in [0.717, 1.165) is 31.1 Å². The lowest BCUT2D eigenvalue weighted by Gasteiger charge is -2.08. The van der Waals surface area contributed by atoms with Crippen molar-refractivity contribution < 1.29 is 23.5 Å². The van der Waals surface area contributed by atoms with E-state index in [0.29, 0.717) is 0 Å². The van der Waals surface area contributed by atoms with Gasteiger partial charge in [0.05, 0.1) is 0 Å². The number of hydrogen-bond donors (Lipinski definition) is 0. The lowest BCUT2D eigenvalue weighted by Crippen LogP contribution is -2.02. The zero-order valence-electron chi connectivity index (χ0n) is 16.0. The molecule has 1 aromatic rings. The lowest BCUT2D eigenvalue weighted by atomic mass is 10.4. The molecule has 0 saturated heterocycles. The van der Waals surface area contributed by atoms with Crippen molar-refractivity contribution in [1.29, 1.82) is 0 Å². The van der Waals surface area contributed by atoms with Gasteiger partial charge in [0.1, 0.15) is 33.9 Å². The Morgan fingerprint density at radius 1 is 0.897 bits per heavy atom. The quantitative estimate of drug-likeness (QED) is 0.330. The zero-order valence-corrected chi connectivity index (χ0v) is 19.2. The fourth-order valence-corrected chi connectivity index (χ4v) is 8.06. The molecule has 0 aromatic carbocycles. The van der Waals surface area contributed by atoms with Gasteiger partial charge in [-0.05, 0) is 35.8 Å². The molecule has 9 heteroatoms. The fourth-order valence-electron chi connectivity index (χ4n) is 2.44. The molecule has 0 bridgehead atoms. The van der Waals surface area contributed by atoms with E-state index in [-0.39, 0.29) is 22.4 Å². The van der Waals surface area contributed by atoms with Crippen molar-refractivity contribution in [2.75, 3.05) is 13.2 Å². The molecular formula is C20H20O5S4. The number of thioether (sulfide) groups is 4. The minimum atomic E-state index is -0.424. The van der Waals surface area contributed by atoms with E-state index in [1.54, 1.807) is 47.0 Å². The topological polar surface area (TPSA) is 65.7 Å². The second kappa shape index (κ2) is 10.1. The van der Waals surface area contributed by atoms with Crippen LogP contribution in [0.1, 0.15) is 34.5 Å². The molecule has 0 spiro atoms. The van der Waals surface area contributed by atoms with Crippen molar-refractivity contribution in [3.05, 3.63) is 68.6 Å². The molecule has 2 atom stereocenters. The smallest absolute Gasteiger partial charge is 0.330 e. The first-order chi connectivity index (χ1) is 13.9. The largest absolute Gasteiger partial charge is 0.462 e. The predicted octanol–water partition coefficient (Wildman–Crippen LogP) is 6.16. The Hall–Kier alpha value is -1.42. The molecular weight excluding hydrogens is 448 g/mol. The molecule has 0 fully saturated rings. The van der Waals surface area contributed by atoms with Crippen molar-refractivity contribution in [3.8, 4) is 0 Å². The Balaban J connectivity index is 1.57. The van der Waals surface area contributed by atoms with E-state index in [9.17, 15) is 9.59 Å². The molecule has 0 amide bonds. The molecule has 3 heterocycles. The Morgan fingerprint density at radius 3 is 1.69 bits per heavy atom. The Bertz CT molecular complexity index is 828. The van der Waals surface area contributed by atoms with Crippen LogP contribution in [0.3, 0.4) is 0 Å². The number of ether oxygens (including phenoxy) is 2. The zero-order chi connectivity index (χ0) is 21.0. The molecule has 5 nitrogen and oxygen atoms in total. The van der Waals surface area contributed by atoms with Gasteiger partial charge in [0.2, 0.25) is 0 Å². The van der Waals surface area contributed by atoms with Crippen LogP contribution in [0.25, 0.3) is 0 Å².